The Morgan fingerprint density at radius 1 is 1.14 bits per heavy atom. The average Bonchev–Trinajstić information content (AvgIpc) is 2.67. The third-order valence-corrected chi connectivity index (χ3v) is 6.73. The van der Waals surface area contributed by atoms with Gasteiger partial charge in [-0.2, -0.15) is 0 Å². The minimum Gasteiger partial charge on any atom is -0.482 e. The van der Waals surface area contributed by atoms with Crippen molar-refractivity contribution in [1.82, 2.24) is 5.32 Å². The number of rotatable bonds is 12. The van der Waals surface area contributed by atoms with E-state index in [1.165, 1.54) is 0 Å². The molecule has 0 unspecified atom stereocenters. The summed E-state index contributed by atoms with van der Waals surface area (Å²) in [5.74, 6) is 0.555. The molecule has 2 aromatic carbocycles. The average molecular weight is 424 g/mol. The molecule has 0 atom stereocenters. The number of aliphatic carboxylic acids is 1. The number of hydrogen-bond acceptors (Lipinski definition) is 6. The molecule has 0 saturated heterocycles. The van der Waals surface area contributed by atoms with Crippen LogP contribution in [0.3, 0.4) is 0 Å². The highest BCUT2D eigenvalue weighted by atomic mass is 32.2. The number of hydrogen-bond donors (Lipinski definition) is 2. The first-order valence-electron chi connectivity index (χ1n) is 8.95. The molecule has 0 radical (unpaired) electrons. The number of carboxylic acids is 1. The Morgan fingerprint density at radius 2 is 1.89 bits per heavy atom. The fourth-order valence-corrected chi connectivity index (χ4v) is 4.75. The molecular formula is C20H25NO5S2. The van der Waals surface area contributed by atoms with Crippen LogP contribution in [0.25, 0.3) is 0 Å². The summed E-state index contributed by atoms with van der Waals surface area (Å²) in [7, 11) is -3.21. The monoisotopic (exact) mass is 423 g/mol. The first kappa shape index (κ1) is 22.3. The number of ether oxygens (including phenoxy) is 1. The van der Waals surface area contributed by atoms with Crippen LogP contribution in [0.2, 0.25) is 0 Å². The van der Waals surface area contributed by atoms with E-state index < -0.39 is 15.8 Å². The first-order valence-corrected chi connectivity index (χ1v) is 11.6. The van der Waals surface area contributed by atoms with E-state index in [1.807, 2.05) is 19.1 Å². The highest BCUT2D eigenvalue weighted by Gasteiger charge is 2.12. The summed E-state index contributed by atoms with van der Waals surface area (Å²) in [6, 6.07) is 14.2. The molecule has 8 heteroatoms. The standard InChI is InChI=1S/C20H25NO5S2/c1-16-14-17(8-9-19(16)26-15-20(22)23)27-12-11-21-10-5-13-28(24,25)18-6-3-2-4-7-18/h2-4,6-9,14,21H,5,10-13,15H2,1H3,(H,22,23). The number of thioether (sulfide) groups is 1. The van der Waals surface area contributed by atoms with Gasteiger partial charge in [-0.1, -0.05) is 18.2 Å². The lowest BCUT2D eigenvalue weighted by molar-refractivity contribution is -0.139. The van der Waals surface area contributed by atoms with Gasteiger partial charge in [-0.25, -0.2) is 13.2 Å². The van der Waals surface area contributed by atoms with Gasteiger partial charge in [0.25, 0.3) is 0 Å². The largest absolute Gasteiger partial charge is 0.482 e. The van der Waals surface area contributed by atoms with Crippen molar-refractivity contribution in [1.29, 1.82) is 0 Å². The maximum Gasteiger partial charge on any atom is 0.341 e. The van der Waals surface area contributed by atoms with E-state index >= 15 is 0 Å². The van der Waals surface area contributed by atoms with Crippen molar-refractivity contribution >= 4 is 27.6 Å². The number of carboxylic acid groups (broad SMARTS) is 1. The van der Waals surface area contributed by atoms with Crippen LogP contribution in [0.1, 0.15) is 12.0 Å². The normalized spacial score (nSPS) is 11.3. The van der Waals surface area contributed by atoms with E-state index in [9.17, 15) is 13.2 Å². The van der Waals surface area contributed by atoms with Crippen LogP contribution in [0.5, 0.6) is 5.75 Å². The summed E-state index contributed by atoms with van der Waals surface area (Å²) in [5, 5.41) is 11.9. The fourth-order valence-electron chi connectivity index (χ4n) is 2.51. The molecule has 0 aliphatic rings. The molecule has 0 fully saturated rings. The molecule has 0 aliphatic heterocycles. The quantitative estimate of drug-likeness (QED) is 0.400. The van der Waals surface area contributed by atoms with Crippen LogP contribution in [0.4, 0.5) is 0 Å². The van der Waals surface area contributed by atoms with E-state index in [-0.39, 0.29) is 12.4 Å². The van der Waals surface area contributed by atoms with Crippen molar-refractivity contribution < 1.29 is 23.1 Å². The molecule has 6 nitrogen and oxygen atoms in total. The van der Waals surface area contributed by atoms with Crippen molar-refractivity contribution in [2.45, 2.75) is 23.1 Å². The second-order valence-corrected chi connectivity index (χ2v) is 9.47. The molecule has 0 amide bonds. The Balaban J connectivity index is 1.64. The summed E-state index contributed by atoms with van der Waals surface area (Å²) in [6.45, 7) is 2.95. The maximum atomic E-state index is 12.2. The Hall–Kier alpha value is -2.03. The van der Waals surface area contributed by atoms with Gasteiger partial charge in [0.2, 0.25) is 0 Å². The molecule has 0 heterocycles. The number of benzene rings is 2. The lowest BCUT2D eigenvalue weighted by Crippen LogP contribution is -2.21. The smallest absolute Gasteiger partial charge is 0.341 e. The maximum absolute atomic E-state index is 12.2. The second-order valence-electron chi connectivity index (χ2n) is 6.19. The number of aryl methyl sites for hydroxylation is 1. The van der Waals surface area contributed by atoms with E-state index in [0.717, 1.165) is 22.8 Å². The number of nitrogens with one attached hydrogen (secondary N) is 1. The highest BCUT2D eigenvalue weighted by molar-refractivity contribution is 7.99. The van der Waals surface area contributed by atoms with Crippen molar-refractivity contribution in [2.75, 3.05) is 31.2 Å². The molecule has 0 saturated carbocycles. The fraction of sp³-hybridized carbons (Fsp3) is 0.350. The summed E-state index contributed by atoms with van der Waals surface area (Å²) in [4.78, 5) is 12.0. The van der Waals surface area contributed by atoms with Gasteiger partial charge in [0, 0.05) is 17.2 Å². The van der Waals surface area contributed by atoms with Crippen molar-refractivity contribution in [3.63, 3.8) is 0 Å². The van der Waals surface area contributed by atoms with Crippen LogP contribution < -0.4 is 10.1 Å². The zero-order valence-corrected chi connectivity index (χ0v) is 17.4. The summed E-state index contributed by atoms with van der Waals surface area (Å²) < 4.78 is 29.6. The van der Waals surface area contributed by atoms with Gasteiger partial charge in [-0.05, 0) is 55.8 Å². The molecule has 2 rings (SSSR count). The first-order chi connectivity index (χ1) is 13.4. The lowest BCUT2D eigenvalue weighted by Gasteiger charge is -2.09. The lowest BCUT2D eigenvalue weighted by atomic mass is 10.2. The van der Waals surface area contributed by atoms with Crippen LogP contribution in [-0.4, -0.2) is 50.7 Å². The zero-order valence-electron chi connectivity index (χ0n) is 15.8. The third-order valence-electron chi connectivity index (χ3n) is 3.91. The summed E-state index contributed by atoms with van der Waals surface area (Å²) >= 11 is 1.68. The molecule has 28 heavy (non-hydrogen) atoms. The minimum absolute atomic E-state index is 0.133. The zero-order chi connectivity index (χ0) is 20.4. The van der Waals surface area contributed by atoms with E-state index in [2.05, 4.69) is 5.32 Å². The molecule has 0 aromatic heterocycles. The minimum atomic E-state index is -3.21. The van der Waals surface area contributed by atoms with Gasteiger partial charge in [-0.3, -0.25) is 0 Å². The Bertz CT molecular complexity index is 869. The predicted octanol–water partition coefficient (Wildman–Crippen LogP) is 3.00. The Morgan fingerprint density at radius 3 is 2.57 bits per heavy atom. The predicted molar refractivity (Wildman–Crippen MR) is 111 cm³/mol. The van der Waals surface area contributed by atoms with Crippen LogP contribution >= 0.6 is 11.8 Å². The van der Waals surface area contributed by atoms with Gasteiger partial charge in [0.05, 0.1) is 10.6 Å². The number of sulfone groups is 1. The van der Waals surface area contributed by atoms with Crippen LogP contribution in [0, 0.1) is 6.92 Å². The molecule has 2 aromatic rings. The topological polar surface area (TPSA) is 92.7 Å². The van der Waals surface area contributed by atoms with Crippen molar-refractivity contribution in [2.24, 2.45) is 0 Å². The van der Waals surface area contributed by atoms with Gasteiger partial charge in [-0.15, -0.1) is 11.8 Å². The molecule has 0 bridgehead atoms. The molecule has 0 aliphatic carbocycles. The van der Waals surface area contributed by atoms with Crippen molar-refractivity contribution in [3.8, 4) is 5.75 Å². The van der Waals surface area contributed by atoms with Gasteiger partial charge in [0.15, 0.2) is 16.4 Å². The second kappa shape index (κ2) is 11.1. The SMILES string of the molecule is Cc1cc(SCCNCCCS(=O)(=O)c2ccccc2)ccc1OCC(=O)O. The van der Waals surface area contributed by atoms with Gasteiger partial charge >= 0.3 is 5.97 Å². The van der Waals surface area contributed by atoms with E-state index in [4.69, 9.17) is 9.84 Å². The highest BCUT2D eigenvalue weighted by Crippen LogP contribution is 2.25. The Labute approximate surface area is 170 Å². The Kier molecular flexibility index (Phi) is 8.82. The van der Waals surface area contributed by atoms with Gasteiger partial charge < -0.3 is 15.2 Å². The van der Waals surface area contributed by atoms with Crippen LogP contribution in [-0.2, 0) is 14.6 Å². The summed E-state index contributed by atoms with van der Waals surface area (Å²) in [6.07, 6.45) is 0.566. The van der Waals surface area contributed by atoms with E-state index in [1.54, 1.807) is 48.2 Å². The summed E-state index contributed by atoms with van der Waals surface area (Å²) in [5.41, 5.74) is 0.894. The molecule has 152 valence electrons. The van der Waals surface area contributed by atoms with Crippen molar-refractivity contribution in [3.05, 3.63) is 54.1 Å². The number of carbonyl (C=O) groups is 1. The van der Waals surface area contributed by atoms with E-state index in [0.29, 0.717) is 23.6 Å². The molecule has 0 spiro atoms. The van der Waals surface area contributed by atoms with Gasteiger partial charge in [0.1, 0.15) is 5.75 Å². The molecular weight excluding hydrogens is 398 g/mol. The molecule has 2 N–H and O–H groups in total. The van der Waals surface area contributed by atoms with Crippen LogP contribution in [0.15, 0.2) is 58.3 Å². The third kappa shape index (κ3) is 7.53.